The van der Waals surface area contributed by atoms with Crippen LogP contribution in [0.3, 0.4) is 0 Å². The van der Waals surface area contributed by atoms with Gasteiger partial charge >= 0.3 is 6.18 Å². The highest BCUT2D eigenvalue weighted by molar-refractivity contribution is 5.93. The molecule has 1 N–H and O–H groups in total. The molecule has 4 rings (SSSR count). The van der Waals surface area contributed by atoms with Gasteiger partial charge in [0.2, 0.25) is 5.91 Å². The highest BCUT2D eigenvalue weighted by Gasteiger charge is 2.41. The molecule has 1 fully saturated rings. The van der Waals surface area contributed by atoms with Crippen LogP contribution in [0.4, 0.5) is 13.2 Å². The smallest absolute Gasteiger partial charge is 0.272 e. The summed E-state index contributed by atoms with van der Waals surface area (Å²) in [6.07, 6.45) is 3.64. The third-order valence-corrected chi connectivity index (χ3v) is 4.73. The van der Waals surface area contributed by atoms with Gasteiger partial charge in [-0.1, -0.05) is 12.2 Å². The number of fused-ring (bicyclic) bond motifs is 2. The number of halogens is 3. The summed E-state index contributed by atoms with van der Waals surface area (Å²) in [6.45, 7) is 1.56. The van der Waals surface area contributed by atoms with Gasteiger partial charge in [-0.2, -0.15) is 13.2 Å². The number of aryl methyl sites for hydroxylation is 1. The van der Waals surface area contributed by atoms with E-state index in [1.165, 1.54) is 28.3 Å². The van der Waals surface area contributed by atoms with Crippen LogP contribution in [0.25, 0.3) is 17.6 Å². The molecule has 0 saturated carbocycles. The van der Waals surface area contributed by atoms with Gasteiger partial charge in [-0.3, -0.25) is 15.0 Å². The lowest BCUT2D eigenvalue weighted by Gasteiger charge is -2.23. The summed E-state index contributed by atoms with van der Waals surface area (Å²) in [4.78, 5) is 28.1. The van der Waals surface area contributed by atoms with E-state index >= 15 is 0 Å². The normalized spacial score (nSPS) is 20.8. The minimum absolute atomic E-state index is 0.0985. The third kappa shape index (κ3) is 3.78. The van der Waals surface area contributed by atoms with Crippen molar-refractivity contribution in [3.05, 3.63) is 53.9 Å². The van der Waals surface area contributed by atoms with Crippen molar-refractivity contribution < 1.29 is 22.8 Å². The van der Waals surface area contributed by atoms with Crippen LogP contribution in [0, 0.1) is 12.8 Å². The molecule has 0 unspecified atom stereocenters. The Kier molecular flexibility index (Phi) is 4.48. The van der Waals surface area contributed by atoms with Gasteiger partial charge in [-0.05, 0) is 37.1 Å². The van der Waals surface area contributed by atoms with E-state index in [0.717, 1.165) is 12.1 Å². The summed E-state index contributed by atoms with van der Waals surface area (Å²) in [5.41, 5.74) is 2.39. The van der Waals surface area contributed by atoms with E-state index in [4.69, 9.17) is 0 Å². The maximum Gasteiger partial charge on any atom is 0.416 e. The van der Waals surface area contributed by atoms with Crippen LogP contribution in [0.15, 0.2) is 42.8 Å². The van der Waals surface area contributed by atoms with Crippen molar-refractivity contribution in [3.8, 4) is 11.4 Å². The summed E-state index contributed by atoms with van der Waals surface area (Å²) in [7, 11) is 0. The van der Waals surface area contributed by atoms with E-state index < -0.39 is 17.6 Å². The van der Waals surface area contributed by atoms with Crippen molar-refractivity contribution in [1.82, 2.24) is 25.2 Å². The van der Waals surface area contributed by atoms with Crippen molar-refractivity contribution in [3.63, 3.8) is 0 Å². The molecule has 2 heterocycles. The average molecular weight is 403 g/mol. The maximum atomic E-state index is 13.0. The first-order valence-corrected chi connectivity index (χ1v) is 8.81. The Hall–Kier alpha value is -3.43. The first-order valence-electron chi connectivity index (χ1n) is 8.81. The third-order valence-electron chi connectivity index (χ3n) is 4.73. The first-order chi connectivity index (χ1) is 13.7. The van der Waals surface area contributed by atoms with Crippen LogP contribution in [0.1, 0.15) is 17.5 Å². The zero-order chi connectivity index (χ0) is 20.8. The molecule has 1 aliphatic carbocycles. The largest absolute Gasteiger partial charge is 0.416 e. The zero-order valence-corrected chi connectivity index (χ0v) is 15.2. The van der Waals surface area contributed by atoms with Crippen molar-refractivity contribution in [1.29, 1.82) is 0 Å². The minimum atomic E-state index is -4.47. The van der Waals surface area contributed by atoms with Crippen molar-refractivity contribution >= 4 is 18.0 Å². The molecule has 2 bridgehead atoms. The molecular formula is C19H16F3N5O2. The van der Waals surface area contributed by atoms with E-state index in [1.54, 1.807) is 13.0 Å². The Balaban J connectivity index is 1.46. The lowest BCUT2D eigenvalue weighted by molar-refractivity contribution is -0.139. The Bertz CT molecular complexity index is 1040. The second kappa shape index (κ2) is 6.87. The maximum absolute atomic E-state index is 13.0. The van der Waals surface area contributed by atoms with E-state index in [1.807, 2.05) is 12.2 Å². The van der Waals surface area contributed by atoms with Crippen LogP contribution < -0.4 is 5.43 Å². The number of nitrogens with zero attached hydrogens (tertiary/aromatic N) is 4. The predicted molar refractivity (Wildman–Crippen MR) is 96.6 cm³/mol. The number of aromatic nitrogens is 3. The topological polar surface area (TPSA) is 80.1 Å². The van der Waals surface area contributed by atoms with Crippen LogP contribution in [-0.4, -0.2) is 37.6 Å². The highest BCUT2D eigenvalue weighted by Crippen LogP contribution is 2.33. The molecule has 2 amide bonds. The monoisotopic (exact) mass is 403 g/mol. The number of nitrogens with one attached hydrogen (secondary N) is 1. The quantitative estimate of drug-likeness (QED) is 0.629. The SMILES string of the molecule is Cc1cc(-c2ncn(/C=C\C(=O)NN3C(=O)[C@@H]4C=C[C@H]3C4)n2)cc(C(F)(F)F)c1. The second-order valence-electron chi connectivity index (χ2n) is 6.93. The lowest BCUT2D eigenvalue weighted by atomic mass is 10.1. The number of hydrazine groups is 1. The highest BCUT2D eigenvalue weighted by atomic mass is 19.4. The number of benzene rings is 1. The van der Waals surface area contributed by atoms with Crippen LogP contribution in [-0.2, 0) is 15.8 Å². The molecule has 150 valence electrons. The molecule has 10 heteroatoms. The molecule has 2 aliphatic rings. The van der Waals surface area contributed by atoms with Crippen LogP contribution in [0.5, 0.6) is 0 Å². The summed E-state index contributed by atoms with van der Waals surface area (Å²) >= 11 is 0. The van der Waals surface area contributed by atoms with E-state index in [2.05, 4.69) is 15.5 Å². The minimum Gasteiger partial charge on any atom is -0.272 e. The number of hydrogen-bond acceptors (Lipinski definition) is 4. The van der Waals surface area contributed by atoms with Crippen LogP contribution >= 0.6 is 0 Å². The molecular weight excluding hydrogens is 387 g/mol. The van der Waals surface area contributed by atoms with E-state index in [-0.39, 0.29) is 29.3 Å². The molecule has 0 radical (unpaired) electrons. The molecule has 7 nitrogen and oxygen atoms in total. The molecule has 1 aromatic heterocycles. The fourth-order valence-electron chi connectivity index (χ4n) is 3.39. The van der Waals surface area contributed by atoms with Gasteiger partial charge in [0.15, 0.2) is 5.82 Å². The fraction of sp³-hybridized carbons (Fsp3) is 0.263. The van der Waals surface area contributed by atoms with Gasteiger partial charge in [0.1, 0.15) is 6.33 Å². The summed E-state index contributed by atoms with van der Waals surface area (Å²) in [5.74, 6) is -0.757. The number of amides is 2. The van der Waals surface area contributed by atoms with Gasteiger partial charge in [0, 0.05) is 17.8 Å². The summed E-state index contributed by atoms with van der Waals surface area (Å²) < 4.78 is 40.2. The number of carbonyl (C=O) groups excluding carboxylic acids is 2. The van der Waals surface area contributed by atoms with Crippen molar-refractivity contribution in [2.24, 2.45) is 5.92 Å². The molecule has 2 atom stereocenters. The fourth-order valence-corrected chi connectivity index (χ4v) is 3.39. The molecule has 1 saturated heterocycles. The Morgan fingerprint density at radius 3 is 2.76 bits per heavy atom. The molecule has 1 aliphatic heterocycles. The summed E-state index contributed by atoms with van der Waals surface area (Å²) in [6, 6.07) is 3.44. The van der Waals surface area contributed by atoms with Gasteiger partial charge in [-0.15, -0.1) is 5.10 Å². The van der Waals surface area contributed by atoms with Gasteiger partial charge in [-0.25, -0.2) is 14.7 Å². The lowest BCUT2D eigenvalue weighted by Crippen LogP contribution is -2.48. The van der Waals surface area contributed by atoms with Gasteiger partial charge in [0.05, 0.1) is 17.5 Å². The van der Waals surface area contributed by atoms with Crippen molar-refractivity contribution in [2.45, 2.75) is 25.6 Å². The average Bonchev–Trinajstić information content (AvgIpc) is 3.37. The molecule has 0 spiro atoms. The van der Waals surface area contributed by atoms with Gasteiger partial charge < -0.3 is 0 Å². The predicted octanol–water partition coefficient (Wildman–Crippen LogP) is 2.56. The van der Waals surface area contributed by atoms with E-state index in [9.17, 15) is 22.8 Å². The molecule has 2 aromatic rings. The summed E-state index contributed by atoms with van der Waals surface area (Å²) in [5, 5.41) is 5.38. The molecule has 29 heavy (non-hydrogen) atoms. The number of carbonyl (C=O) groups is 2. The van der Waals surface area contributed by atoms with Crippen molar-refractivity contribution in [2.75, 3.05) is 0 Å². The van der Waals surface area contributed by atoms with E-state index in [0.29, 0.717) is 12.0 Å². The number of rotatable bonds is 4. The number of alkyl halides is 3. The zero-order valence-electron chi connectivity index (χ0n) is 15.2. The number of hydrogen-bond donors (Lipinski definition) is 1. The standard InChI is InChI=1S/C19H16F3N5O2/c1-11-6-13(8-14(7-11)19(20,21)22)17-23-10-26(25-17)5-4-16(28)24-27-15-3-2-12(9-15)18(27)29/h2-8,10,12,15H,9H2,1H3,(H,24,28)/b5-4-/t12-,15+/m1/s1. The Morgan fingerprint density at radius 1 is 1.28 bits per heavy atom. The Labute approximate surface area is 163 Å². The second-order valence-corrected chi connectivity index (χ2v) is 6.93. The van der Waals surface area contributed by atoms with Crippen LogP contribution in [0.2, 0.25) is 0 Å². The van der Waals surface area contributed by atoms with Gasteiger partial charge in [0.25, 0.3) is 5.91 Å². The Morgan fingerprint density at radius 2 is 2.07 bits per heavy atom. The first kappa shape index (κ1) is 18.9. The molecule has 1 aromatic carbocycles.